The van der Waals surface area contributed by atoms with Crippen molar-refractivity contribution in [3.05, 3.63) is 51.9 Å². The first-order valence-corrected chi connectivity index (χ1v) is 4.51. The molecule has 0 atom stereocenters. The average molecular weight is 198 g/mol. The molecule has 2 aromatic rings. The predicted molar refractivity (Wildman–Crippen MR) is 53.7 cm³/mol. The van der Waals surface area contributed by atoms with Crippen LogP contribution in [0, 0.1) is 0 Å². The molecule has 72 valence electrons. The number of ketones is 1. The smallest absolute Gasteiger partial charge is 0.264 e. The number of hydrogen-bond acceptors (Lipinski definition) is 3. The summed E-state index contributed by atoms with van der Waals surface area (Å²) in [6.45, 7) is 0. The maximum absolute atomic E-state index is 11.8. The molecule has 1 aliphatic carbocycles. The molecular formula is C11H6N2O2. The summed E-state index contributed by atoms with van der Waals surface area (Å²) >= 11 is 0. The van der Waals surface area contributed by atoms with Gasteiger partial charge in [-0.15, -0.1) is 0 Å². The minimum Gasteiger partial charge on any atom is -0.287 e. The van der Waals surface area contributed by atoms with E-state index in [1.54, 1.807) is 12.1 Å². The molecule has 0 bridgehead atoms. The van der Waals surface area contributed by atoms with Crippen LogP contribution in [0.4, 0.5) is 0 Å². The van der Waals surface area contributed by atoms with Crippen LogP contribution in [0.3, 0.4) is 0 Å². The lowest BCUT2D eigenvalue weighted by Gasteiger charge is -1.95. The Morgan fingerprint density at radius 3 is 2.53 bits per heavy atom. The maximum atomic E-state index is 11.8. The largest absolute Gasteiger partial charge is 0.287 e. The first-order valence-electron chi connectivity index (χ1n) is 4.51. The molecular weight excluding hydrogens is 192 g/mol. The molecule has 0 saturated carbocycles. The fourth-order valence-corrected chi connectivity index (χ4v) is 1.82. The van der Waals surface area contributed by atoms with E-state index >= 15 is 0 Å². The zero-order chi connectivity index (χ0) is 10.4. The number of rotatable bonds is 0. The summed E-state index contributed by atoms with van der Waals surface area (Å²) < 4.78 is 0. The standard InChI is InChI=1S/C11H6N2O2/c14-9-5-8-6-3-1-2-4-7(6)11(15)10(8)13-12-9/h1-5H,(H,12,14). The monoisotopic (exact) mass is 198 g/mol. The molecule has 4 nitrogen and oxygen atoms in total. The third-order valence-corrected chi connectivity index (χ3v) is 2.49. The molecule has 0 radical (unpaired) electrons. The van der Waals surface area contributed by atoms with Crippen molar-refractivity contribution in [2.75, 3.05) is 0 Å². The van der Waals surface area contributed by atoms with Gasteiger partial charge in [0.1, 0.15) is 5.69 Å². The van der Waals surface area contributed by atoms with Gasteiger partial charge in [-0.1, -0.05) is 24.3 Å². The summed E-state index contributed by atoms with van der Waals surface area (Å²) in [5, 5.41) is 6.04. The second-order valence-electron chi connectivity index (χ2n) is 3.37. The number of carbonyl (C=O) groups is 1. The zero-order valence-corrected chi connectivity index (χ0v) is 7.65. The Hall–Kier alpha value is -2.23. The minimum atomic E-state index is -0.293. The van der Waals surface area contributed by atoms with Gasteiger partial charge in [0.05, 0.1) is 0 Å². The molecule has 15 heavy (non-hydrogen) atoms. The molecule has 1 aromatic carbocycles. The summed E-state index contributed by atoms with van der Waals surface area (Å²) in [5.74, 6) is -0.128. The normalized spacial score (nSPS) is 12.4. The van der Waals surface area contributed by atoms with E-state index < -0.39 is 0 Å². The molecule has 0 saturated heterocycles. The number of nitrogens with one attached hydrogen (secondary N) is 1. The highest BCUT2D eigenvalue weighted by Crippen LogP contribution is 2.33. The molecule has 3 rings (SSSR count). The van der Waals surface area contributed by atoms with Crippen LogP contribution in [0.15, 0.2) is 35.1 Å². The Bertz CT molecular complexity index is 628. The van der Waals surface area contributed by atoms with Crippen molar-refractivity contribution in [2.45, 2.75) is 0 Å². The van der Waals surface area contributed by atoms with E-state index in [4.69, 9.17) is 0 Å². The number of hydrogen-bond donors (Lipinski definition) is 1. The Balaban J connectivity index is 2.44. The molecule has 0 amide bonds. The third-order valence-electron chi connectivity index (χ3n) is 2.49. The van der Waals surface area contributed by atoms with Crippen LogP contribution in [-0.4, -0.2) is 16.0 Å². The van der Waals surface area contributed by atoms with Gasteiger partial charge in [-0.05, 0) is 5.56 Å². The van der Waals surface area contributed by atoms with Crippen molar-refractivity contribution in [3.63, 3.8) is 0 Å². The van der Waals surface area contributed by atoms with E-state index in [9.17, 15) is 9.59 Å². The topological polar surface area (TPSA) is 62.8 Å². The Kier molecular flexibility index (Phi) is 1.42. The van der Waals surface area contributed by atoms with E-state index in [1.165, 1.54) is 6.07 Å². The second kappa shape index (κ2) is 2.63. The lowest BCUT2D eigenvalue weighted by molar-refractivity contribution is 0.103. The molecule has 0 unspecified atom stereocenters. The van der Waals surface area contributed by atoms with Crippen LogP contribution in [0.5, 0.6) is 0 Å². The van der Waals surface area contributed by atoms with Gasteiger partial charge in [-0.25, -0.2) is 5.10 Å². The maximum Gasteiger partial charge on any atom is 0.264 e. The van der Waals surface area contributed by atoms with Gasteiger partial charge in [0, 0.05) is 17.2 Å². The number of benzene rings is 1. The summed E-state index contributed by atoms with van der Waals surface area (Å²) in [6.07, 6.45) is 0. The van der Waals surface area contributed by atoms with E-state index in [0.29, 0.717) is 16.8 Å². The van der Waals surface area contributed by atoms with Gasteiger partial charge in [0.15, 0.2) is 0 Å². The van der Waals surface area contributed by atoms with Gasteiger partial charge in [-0.3, -0.25) is 9.59 Å². The molecule has 0 aliphatic heterocycles. The number of aromatic nitrogens is 2. The van der Waals surface area contributed by atoms with Crippen LogP contribution in [-0.2, 0) is 0 Å². The lowest BCUT2D eigenvalue weighted by Crippen LogP contribution is -2.10. The van der Waals surface area contributed by atoms with Crippen LogP contribution in [0.1, 0.15) is 16.1 Å². The molecule has 4 heteroatoms. The molecule has 1 aromatic heterocycles. The highest BCUT2D eigenvalue weighted by atomic mass is 16.1. The number of aromatic amines is 1. The fourth-order valence-electron chi connectivity index (χ4n) is 1.82. The van der Waals surface area contributed by atoms with Crippen molar-refractivity contribution in [1.82, 2.24) is 10.2 Å². The van der Waals surface area contributed by atoms with Crippen LogP contribution >= 0.6 is 0 Å². The quantitative estimate of drug-likeness (QED) is 0.585. The SMILES string of the molecule is O=C1c2ccccc2-c2cc(=O)[nH]nc21. The van der Waals surface area contributed by atoms with Crippen LogP contribution in [0.2, 0.25) is 0 Å². The highest BCUT2D eigenvalue weighted by Gasteiger charge is 2.27. The Labute approximate surface area is 84.6 Å². The van der Waals surface area contributed by atoms with Gasteiger partial charge in [0.25, 0.3) is 5.56 Å². The highest BCUT2D eigenvalue weighted by molar-refractivity contribution is 6.20. The Morgan fingerprint density at radius 1 is 1.00 bits per heavy atom. The van der Waals surface area contributed by atoms with Crippen molar-refractivity contribution >= 4 is 5.78 Å². The second-order valence-corrected chi connectivity index (χ2v) is 3.37. The molecule has 1 heterocycles. The molecule has 0 fully saturated rings. The zero-order valence-electron chi connectivity index (χ0n) is 7.65. The number of fused-ring (bicyclic) bond motifs is 3. The number of carbonyl (C=O) groups excluding carboxylic acids is 1. The van der Waals surface area contributed by atoms with Crippen molar-refractivity contribution in [2.24, 2.45) is 0 Å². The van der Waals surface area contributed by atoms with Gasteiger partial charge in [-0.2, -0.15) is 5.10 Å². The summed E-state index contributed by atoms with van der Waals surface area (Å²) in [6, 6.07) is 8.60. The Morgan fingerprint density at radius 2 is 1.73 bits per heavy atom. The summed E-state index contributed by atoms with van der Waals surface area (Å²) in [5.41, 5.74) is 2.06. The van der Waals surface area contributed by atoms with E-state index in [-0.39, 0.29) is 11.3 Å². The predicted octanol–water partition coefficient (Wildman–Crippen LogP) is 0.981. The van der Waals surface area contributed by atoms with Crippen molar-refractivity contribution in [3.8, 4) is 11.1 Å². The van der Waals surface area contributed by atoms with Crippen molar-refractivity contribution < 1.29 is 4.79 Å². The van der Waals surface area contributed by atoms with Gasteiger partial charge in [0.2, 0.25) is 5.78 Å². The molecule has 1 N–H and O–H groups in total. The van der Waals surface area contributed by atoms with Crippen LogP contribution in [0.25, 0.3) is 11.1 Å². The van der Waals surface area contributed by atoms with E-state index in [0.717, 1.165) is 5.56 Å². The van der Waals surface area contributed by atoms with Crippen molar-refractivity contribution in [1.29, 1.82) is 0 Å². The van der Waals surface area contributed by atoms with E-state index in [1.807, 2.05) is 12.1 Å². The minimum absolute atomic E-state index is 0.128. The molecule has 0 spiro atoms. The summed E-state index contributed by atoms with van der Waals surface area (Å²) in [4.78, 5) is 22.9. The number of nitrogens with zero attached hydrogens (tertiary/aromatic N) is 1. The summed E-state index contributed by atoms with van der Waals surface area (Å²) in [7, 11) is 0. The lowest BCUT2D eigenvalue weighted by atomic mass is 10.1. The average Bonchev–Trinajstić information content (AvgIpc) is 2.54. The van der Waals surface area contributed by atoms with Gasteiger partial charge >= 0.3 is 0 Å². The first-order chi connectivity index (χ1) is 7.27. The number of H-pyrrole nitrogens is 1. The fraction of sp³-hybridized carbons (Fsp3) is 0. The van der Waals surface area contributed by atoms with Gasteiger partial charge < -0.3 is 0 Å². The first kappa shape index (κ1) is 8.11. The molecule has 1 aliphatic rings. The van der Waals surface area contributed by atoms with Crippen LogP contribution < -0.4 is 5.56 Å². The third kappa shape index (κ3) is 0.985. The van der Waals surface area contributed by atoms with E-state index in [2.05, 4.69) is 10.2 Å².